The van der Waals surface area contributed by atoms with Crippen LogP contribution in [0, 0.1) is 6.92 Å². The van der Waals surface area contributed by atoms with Crippen LogP contribution in [0.2, 0.25) is 0 Å². The van der Waals surface area contributed by atoms with Crippen molar-refractivity contribution >= 4 is 33.2 Å². The van der Waals surface area contributed by atoms with Crippen LogP contribution in [-0.4, -0.2) is 24.7 Å². The Labute approximate surface area is 170 Å². The second-order valence-electron chi connectivity index (χ2n) is 5.84. The van der Waals surface area contributed by atoms with Gasteiger partial charge < -0.3 is 14.0 Å². The molecule has 0 saturated heterocycles. The molecule has 1 amide bonds. The lowest BCUT2D eigenvalue weighted by Crippen LogP contribution is -2.14. The third-order valence-corrected chi connectivity index (χ3v) is 5.72. The van der Waals surface area contributed by atoms with Gasteiger partial charge in [-0.25, -0.2) is 0 Å². The Morgan fingerprint density at radius 2 is 1.74 bits per heavy atom. The maximum absolute atomic E-state index is 12.7. The fourth-order valence-electron chi connectivity index (χ4n) is 2.81. The number of thiazole rings is 1. The zero-order valence-corrected chi connectivity index (χ0v) is 17.8. The summed E-state index contributed by atoms with van der Waals surface area (Å²) in [5.74, 6) is 0.750. The van der Waals surface area contributed by atoms with Crippen LogP contribution in [0.25, 0.3) is 11.3 Å². The standard InChI is InChI=1S/C20H19BrN2O3S/c1-12-18(13-5-8-15(21)9-6-13)23(2)20(27-12)22-19(24)14-7-10-16(25-3)17(11-14)26-4/h5-11H,1-4H3. The highest BCUT2D eigenvalue weighted by molar-refractivity contribution is 9.10. The van der Waals surface area contributed by atoms with Crippen LogP contribution >= 0.6 is 27.3 Å². The van der Waals surface area contributed by atoms with E-state index in [0.717, 1.165) is 20.6 Å². The van der Waals surface area contributed by atoms with Crippen molar-refractivity contribution in [1.29, 1.82) is 0 Å². The highest BCUT2D eigenvalue weighted by atomic mass is 79.9. The number of hydrogen-bond donors (Lipinski definition) is 0. The van der Waals surface area contributed by atoms with Gasteiger partial charge in [0.2, 0.25) is 0 Å². The number of aryl methyl sites for hydroxylation is 1. The van der Waals surface area contributed by atoms with E-state index in [1.165, 1.54) is 18.4 Å². The quantitative estimate of drug-likeness (QED) is 0.588. The molecule has 27 heavy (non-hydrogen) atoms. The number of halogens is 1. The van der Waals surface area contributed by atoms with Gasteiger partial charge in [-0.2, -0.15) is 4.99 Å². The summed E-state index contributed by atoms with van der Waals surface area (Å²) in [6.45, 7) is 2.03. The monoisotopic (exact) mass is 446 g/mol. The van der Waals surface area contributed by atoms with E-state index in [9.17, 15) is 4.79 Å². The van der Waals surface area contributed by atoms with Gasteiger partial charge in [0, 0.05) is 22.0 Å². The topological polar surface area (TPSA) is 52.8 Å². The summed E-state index contributed by atoms with van der Waals surface area (Å²) in [4.78, 5) is 18.7. The SMILES string of the molecule is COc1ccc(C(=O)N=c2sc(C)c(-c3ccc(Br)cc3)n2C)cc1OC. The normalized spacial score (nSPS) is 11.5. The van der Waals surface area contributed by atoms with Crippen LogP contribution in [0.1, 0.15) is 15.2 Å². The van der Waals surface area contributed by atoms with Crippen LogP contribution in [0.3, 0.4) is 0 Å². The van der Waals surface area contributed by atoms with Gasteiger partial charge in [0.05, 0.1) is 19.9 Å². The molecule has 7 heteroatoms. The number of rotatable bonds is 4. The molecule has 2 aromatic carbocycles. The van der Waals surface area contributed by atoms with E-state index in [4.69, 9.17) is 9.47 Å². The van der Waals surface area contributed by atoms with E-state index < -0.39 is 0 Å². The molecule has 0 aliphatic rings. The minimum atomic E-state index is -0.324. The summed E-state index contributed by atoms with van der Waals surface area (Å²) in [6.07, 6.45) is 0. The number of benzene rings is 2. The molecular formula is C20H19BrN2O3S. The maximum atomic E-state index is 12.7. The lowest BCUT2D eigenvalue weighted by molar-refractivity contribution is 0.0997. The average Bonchev–Trinajstić information content (AvgIpc) is 2.95. The summed E-state index contributed by atoms with van der Waals surface area (Å²) in [6, 6.07) is 13.1. The molecule has 0 radical (unpaired) electrons. The zero-order chi connectivity index (χ0) is 19.6. The number of aromatic nitrogens is 1. The molecule has 0 aliphatic carbocycles. The lowest BCUT2D eigenvalue weighted by Gasteiger charge is -2.07. The second kappa shape index (κ2) is 8.10. The van der Waals surface area contributed by atoms with E-state index in [0.29, 0.717) is 21.9 Å². The van der Waals surface area contributed by atoms with Crippen molar-refractivity contribution in [2.24, 2.45) is 12.0 Å². The van der Waals surface area contributed by atoms with Crippen LogP contribution in [0.4, 0.5) is 0 Å². The van der Waals surface area contributed by atoms with Gasteiger partial charge in [0.1, 0.15) is 0 Å². The molecule has 3 rings (SSSR count). The molecule has 3 aromatic rings. The fraction of sp³-hybridized carbons (Fsp3) is 0.200. The highest BCUT2D eigenvalue weighted by Crippen LogP contribution is 2.28. The first kappa shape index (κ1) is 19.4. The maximum Gasteiger partial charge on any atom is 0.279 e. The Hall–Kier alpha value is -2.38. The van der Waals surface area contributed by atoms with Gasteiger partial charge in [0.15, 0.2) is 16.3 Å². The minimum Gasteiger partial charge on any atom is -0.493 e. The Balaban J connectivity index is 2.02. The Bertz CT molecular complexity index is 1050. The molecule has 0 bridgehead atoms. The third kappa shape index (κ3) is 3.99. The molecule has 140 valence electrons. The molecule has 0 atom stereocenters. The van der Waals surface area contributed by atoms with Gasteiger partial charge in [-0.05, 0) is 42.8 Å². The predicted octanol–water partition coefficient (Wildman–Crippen LogP) is 4.58. The largest absolute Gasteiger partial charge is 0.493 e. The summed E-state index contributed by atoms with van der Waals surface area (Å²) < 4.78 is 13.4. The summed E-state index contributed by atoms with van der Waals surface area (Å²) in [5, 5.41) is 0. The van der Waals surface area contributed by atoms with Gasteiger partial charge >= 0.3 is 0 Å². The molecule has 0 spiro atoms. The molecule has 5 nitrogen and oxygen atoms in total. The second-order valence-corrected chi connectivity index (χ2v) is 7.94. The van der Waals surface area contributed by atoms with E-state index >= 15 is 0 Å². The van der Waals surface area contributed by atoms with Crippen LogP contribution in [0.5, 0.6) is 11.5 Å². The summed E-state index contributed by atoms with van der Waals surface area (Å²) in [5.41, 5.74) is 2.57. The number of carbonyl (C=O) groups is 1. The van der Waals surface area contributed by atoms with Gasteiger partial charge in [-0.1, -0.05) is 28.1 Å². The molecule has 0 saturated carbocycles. The van der Waals surface area contributed by atoms with Gasteiger partial charge in [-0.15, -0.1) is 11.3 Å². The molecule has 0 N–H and O–H groups in total. The van der Waals surface area contributed by atoms with Gasteiger partial charge in [0.25, 0.3) is 5.91 Å². The Morgan fingerprint density at radius 3 is 2.37 bits per heavy atom. The van der Waals surface area contributed by atoms with Crippen molar-refractivity contribution in [3.05, 3.63) is 62.2 Å². The molecule has 1 heterocycles. The highest BCUT2D eigenvalue weighted by Gasteiger charge is 2.13. The number of nitrogens with zero attached hydrogens (tertiary/aromatic N) is 2. The first-order chi connectivity index (χ1) is 12.9. The van der Waals surface area contributed by atoms with E-state index in [1.807, 2.05) is 42.8 Å². The van der Waals surface area contributed by atoms with Crippen molar-refractivity contribution < 1.29 is 14.3 Å². The minimum absolute atomic E-state index is 0.324. The molecule has 0 fully saturated rings. The summed E-state index contributed by atoms with van der Waals surface area (Å²) >= 11 is 4.94. The smallest absolute Gasteiger partial charge is 0.279 e. The van der Waals surface area contributed by atoms with E-state index in [1.54, 1.807) is 25.3 Å². The number of amides is 1. The van der Waals surface area contributed by atoms with Crippen LogP contribution in [-0.2, 0) is 7.05 Å². The van der Waals surface area contributed by atoms with E-state index in [2.05, 4.69) is 20.9 Å². The molecule has 1 aromatic heterocycles. The van der Waals surface area contributed by atoms with Crippen molar-refractivity contribution in [3.63, 3.8) is 0 Å². The Morgan fingerprint density at radius 1 is 1.07 bits per heavy atom. The van der Waals surface area contributed by atoms with Crippen molar-refractivity contribution in [1.82, 2.24) is 4.57 Å². The lowest BCUT2D eigenvalue weighted by atomic mass is 10.1. The van der Waals surface area contributed by atoms with Crippen molar-refractivity contribution in [2.45, 2.75) is 6.92 Å². The fourth-order valence-corrected chi connectivity index (χ4v) is 4.06. The first-order valence-electron chi connectivity index (χ1n) is 8.18. The van der Waals surface area contributed by atoms with E-state index in [-0.39, 0.29) is 5.91 Å². The first-order valence-corrected chi connectivity index (χ1v) is 9.79. The van der Waals surface area contributed by atoms with Crippen LogP contribution in [0.15, 0.2) is 51.9 Å². The van der Waals surface area contributed by atoms with Crippen LogP contribution < -0.4 is 14.3 Å². The van der Waals surface area contributed by atoms with Crippen molar-refractivity contribution in [3.8, 4) is 22.8 Å². The Kier molecular flexibility index (Phi) is 5.82. The number of methoxy groups -OCH3 is 2. The average molecular weight is 447 g/mol. The zero-order valence-electron chi connectivity index (χ0n) is 15.4. The number of carbonyl (C=O) groups excluding carboxylic acids is 1. The number of ether oxygens (including phenoxy) is 2. The predicted molar refractivity (Wildman–Crippen MR) is 111 cm³/mol. The number of hydrogen-bond acceptors (Lipinski definition) is 4. The third-order valence-electron chi connectivity index (χ3n) is 4.15. The molecular weight excluding hydrogens is 428 g/mol. The van der Waals surface area contributed by atoms with Crippen molar-refractivity contribution in [2.75, 3.05) is 14.2 Å². The summed E-state index contributed by atoms with van der Waals surface area (Å²) in [7, 11) is 5.01. The molecule has 0 unspecified atom stereocenters. The van der Waals surface area contributed by atoms with Gasteiger partial charge in [-0.3, -0.25) is 4.79 Å². The molecule has 0 aliphatic heterocycles.